The maximum absolute atomic E-state index is 13.7. The number of halogens is 2. The van der Waals surface area contributed by atoms with E-state index in [0.29, 0.717) is 17.3 Å². The van der Waals surface area contributed by atoms with E-state index in [0.717, 1.165) is 11.1 Å². The van der Waals surface area contributed by atoms with Gasteiger partial charge in [-0.3, -0.25) is 4.79 Å². The van der Waals surface area contributed by atoms with E-state index in [9.17, 15) is 14.3 Å². The van der Waals surface area contributed by atoms with Crippen molar-refractivity contribution in [1.29, 1.82) is 0 Å². The summed E-state index contributed by atoms with van der Waals surface area (Å²) < 4.78 is 14.4. The molecule has 3 rings (SSSR count). The molecule has 0 saturated carbocycles. The molecule has 1 unspecified atom stereocenters. The first-order valence-corrected chi connectivity index (χ1v) is 7.42. The van der Waals surface area contributed by atoms with Gasteiger partial charge in [0.25, 0.3) is 5.91 Å². The SMILES string of the molecule is O=C(NC1CCc2c(O)cccc21)c1cc(Br)ccc1F. The minimum Gasteiger partial charge on any atom is -0.508 e. The quantitative estimate of drug-likeness (QED) is 0.868. The van der Waals surface area contributed by atoms with Crippen molar-refractivity contribution < 1.29 is 14.3 Å². The smallest absolute Gasteiger partial charge is 0.254 e. The van der Waals surface area contributed by atoms with Gasteiger partial charge in [-0.1, -0.05) is 28.1 Å². The third kappa shape index (κ3) is 2.65. The Balaban J connectivity index is 1.84. The highest BCUT2D eigenvalue weighted by atomic mass is 79.9. The van der Waals surface area contributed by atoms with Crippen LogP contribution in [0.15, 0.2) is 40.9 Å². The number of hydrogen-bond acceptors (Lipinski definition) is 2. The lowest BCUT2D eigenvalue weighted by Gasteiger charge is -2.15. The van der Waals surface area contributed by atoms with Crippen LogP contribution in [-0.2, 0) is 6.42 Å². The van der Waals surface area contributed by atoms with Gasteiger partial charge >= 0.3 is 0 Å². The van der Waals surface area contributed by atoms with Gasteiger partial charge < -0.3 is 10.4 Å². The van der Waals surface area contributed by atoms with Crippen LogP contribution in [0.5, 0.6) is 5.75 Å². The van der Waals surface area contributed by atoms with Gasteiger partial charge in [-0.05, 0) is 48.2 Å². The Hall–Kier alpha value is -1.88. The minimum atomic E-state index is -0.551. The molecule has 0 radical (unpaired) electrons. The summed E-state index contributed by atoms with van der Waals surface area (Å²) in [5, 5.41) is 12.6. The molecule has 0 bridgehead atoms. The van der Waals surface area contributed by atoms with Crippen LogP contribution >= 0.6 is 15.9 Å². The van der Waals surface area contributed by atoms with Crippen molar-refractivity contribution in [3.05, 3.63) is 63.4 Å². The van der Waals surface area contributed by atoms with Gasteiger partial charge in [0.1, 0.15) is 11.6 Å². The summed E-state index contributed by atoms with van der Waals surface area (Å²) in [6.45, 7) is 0. The van der Waals surface area contributed by atoms with Crippen LogP contribution < -0.4 is 5.32 Å². The Morgan fingerprint density at radius 3 is 2.95 bits per heavy atom. The van der Waals surface area contributed by atoms with E-state index in [1.807, 2.05) is 6.07 Å². The second-order valence-corrected chi connectivity index (χ2v) is 5.95. The first-order valence-electron chi connectivity index (χ1n) is 6.63. The highest BCUT2D eigenvalue weighted by Crippen LogP contribution is 2.36. The van der Waals surface area contributed by atoms with Crippen molar-refractivity contribution in [2.45, 2.75) is 18.9 Å². The van der Waals surface area contributed by atoms with Gasteiger partial charge in [-0.25, -0.2) is 4.39 Å². The zero-order valence-corrected chi connectivity index (χ0v) is 12.7. The van der Waals surface area contributed by atoms with Crippen LogP contribution in [0, 0.1) is 5.82 Å². The van der Waals surface area contributed by atoms with Crippen molar-refractivity contribution in [3.8, 4) is 5.75 Å². The van der Waals surface area contributed by atoms with E-state index in [1.165, 1.54) is 12.1 Å². The fourth-order valence-corrected chi connectivity index (χ4v) is 3.05. The normalized spacial score (nSPS) is 16.6. The lowest BCUT2D eigenvalue weighted by Crippen LogP contribution is -2.27. The number of rotatable bonds is 2. The van der Waals surface area contributed by atoms with Crippen LogP contribution in [0.25, 0.3) is 0 Å². The number of hydrogen-bond donors (Lipinski definition) is 2. The molecule has 0 aliphatic heterocycles. The maximum atomic E-state index is 13.7. The number of carbonyl (C=O) groups excluding carboxylic acids is 1. The lowest BCUT2D eigenvalue weighted by atomic mass is 10.1. The van der Waals surface area contributed by atoms with E-state index in [1.54, 1.807) is 18.2 Å². The molecule has 3 nitrogen and oxygen atoms in total. The summed E-state index contributed by atoms with van der Waals surface area (Å²) in [6.07, 6.45) is 1.40. The zero-order chi connectivity index (χ0) is 15.0. The summed E-state index contributed by atoms with van der Waals surface area (Å²) in [7, 11) is 0. The van der Waals surface area contributed by atoms with E-state index in [2.05, 4.69) is 21.2 Å². The van der Waals surface area contributed by atoms with Gasteiger partial charge in [-0.2, -0.15) is 0 Å². The third-order valence-electron chi connectivity index (χ3n) is 3.72. The highest BCUT2D eigenvalue weighted by molar-refractivity contribution is 9.10. The Bertz CT molecular complexity index is 717. The third-order valence-corrected chi connectivity index (χ3v) is 4.22. The molecule has 2 aromatic rings. The first kappa shape index (κ1) is 14.1. The largest absolute Gasteiger partial charge is 0.508 e. The van der Waals surface area contributed by atoms with Crippen LogP contribution in [0.2, 0.25) is 0 Å². The molecular formula is C16H13BrFNO2. The number of fused-ring (bicyclic) bond motifs is 1. The van der Waals surface area contributed by atoms with Crippen LogP contribution in [0.1, 0.15) is 33.9 Å². The number of aromatic hydroxyl groups is 1. The molecular weight excluding hydrogens is 337 g/mol. The molecule has 2 N–H and O–H groups in total. The molecule has 0 aromatic heterocycles. The molecule has 1 aliphatic rings. The monoisotopic (exact) mass is 349 g/mol. The molecule has 1 amide bonds. The van der Waals surface area contributed by atoms with E-state index in [4.69, 9.17) is 0 Å². The number of phenolic OH excluding ortho intramolecular Hbond substituents is 1. The fraction of sp³-hybridized carbons (Fsp3) is 0.188. The van der Waals surface area contributed by atoms with Gasteiger partial charge in [0.15, 0.2) is 0 Å². The van der Waals surface area contributed by atoms with Crippen LogP contribution in [-0.4, -0.2) is 11.0 Å². The second-order valence-electron chi connectivity index (χ2n) is 5.03. The van der Waals surface area contributed by atoms with Crippen molar-refractivity contribution in [2.24, 2.45) is 0 Å². The summed E-state index contributed by atoms with van der Waals surface area (Å²) in [4.78, 5) is 12.2. The summed E-state index contributed by atoms with van der Waals surface area (Å²) >= 11 is 3.23. The van der Waals surface area contributed by atoms with Gasteiger partial charge in [0.05, 0.1) is 11.6 Å². The van der Waals surface area contributed by atoms with E-state index >= 15 is 0 Å². The Morgan fingerprint density at radius 1 is 1.33 bits per heavy atom. The second kappa shape index (κ2) is 5.48. The van der Waals surface area contributed by atoms with E-state index in [-0.39, 0.29) is 17.4 Å². The molecule has 0 spiro atoms. The van der Waals surface area contributed by atoms with Crippen LogP contribution in [0.3, 0.4) is 0 Å². The number of nitrogens with one attached hydrogen (secondary N) is 1. The predicted octanol–water partition coefficient (Wildman–Crippen LogP) is 3.71. The Kier molecular flexibility index (Phi) is 3.68. The standard InChI is InChI=1S/C16H13BrFNO2/c17-9-4-6-13(18)12(8-9)16(21)19-14-7-5-11-10(14)2-1-3-15(11)20/h1-4,6,8,14,20H,5,7H2,(H,19,21). The molecule has 0 heterocycles. The average molecular weight is 350 g/mol. The van der Waals surface area contributed by atoms with Crippen molar-refractivity contribution in [3.63, 3.8) is 0 Å². The first-order chi connectivity index (χ1) is 10.1. The predicted molar refractivity (Wildman–Crippen MR) is 80.7 cm³/mol. The number of phenols is 1. The van der Waals surface area contributed by atoms with Crippen LogP contribution in [0.4, 0.5) is 4.39 Å². The fourth-order valence-electron chi connectivity index (χ4n) is 2.69. The highest BCUT2D eigenvalue weighted by Gasteiger charge is 2.26. The summed E-state index contributed by atoms with van der Waals surface area (Å²) in [6, 6.07) is 9.34. The zero-order valence-electron chi connectivity index (χ0n) is 11.1. The number of benzene rings is 2. The van der Waals surface area contributed by atoms with Crippen molar-refractivity contribution in [1.82, 2.24) is 5.32 Å². The molecule has 0 fully saturated rings. The van der Waals surface area contributed by atoms with Gasteiger partial charge in [0.2, 0.25) is 0 Å². The minimum absolute atomic E-state index is 0.0120. The van der Waals surface area contributed by atoms with E-state index < -0.39 is 11.7 Å². The summed E-state index contributed by atoms with van der Waals surface area (Å²) in [5.74, 6) is -0.752. The number of carbonyl (C=O) groups is 1. The molecule has 0 saturated heterocycles. The maximum Gasteiger partial charge on any atom is 0.254 e. The molecule has 1 atom stereocenters. The molecule has 5 heteroatoms. The lowest BCUT2D eigenvalue weighted by molar-refractivity contribution is 0.0932. The Morgan fingerprint density at radius 2 is 2.14 bits per heavy atom. The topological polar surface area (TPSA) is 49.3 Å². The van der Waals surface area contributed by atoms with Gasteiger partial charge in [-0.15, -0.1) is 0 Å². The molecule has 1 aliphatic carbocycles. The van der Waals surface area contributed by atoms with Crippen molar-refractivity contribution in [2.75, 3.05) is 0 Å². The summed E-state index contributed by atoms with van der Waals surface area (Å²) in [5.41, 5.74) is 1.77. The Labute approximate surface area is 129 Å². The molecule has 108 valence electrons. The average Bonchev–Trinajstić information content (AvgIpc) is 2.86. The molecule has 2 aromatic carbocycles. The van der Waals surface area contributed by atoms with Crippen molar-refractivity contribution >= 4 is 21.8 Å². The molecule has 21 heavy (non-hydrogen) atoms. The number of amides is 1. The van der Waals surface area contributed by atoms with Gasteiger partial charge in [0, 0.05) is 4.47 Å².